The lowest BCUT2D eigenvalue weighted by Gasteiger charge is -2.39. The summed E-state index contributed by atoms with van der Waals surface area (Å²) in [5.74, 6) is 0. The Kier molecular flexibility index (Phi) is 3.50. The minimum Gasteiger partial charge on any atom is -0.396 e. The normalized spacial score (nSPS) is 33.2. The Morgan fingerprint density at radius 3 is 2.83 bits per heavy atom. The van der Waals surface area contributed by atoms with E-state index < -0.39 is 0 Å². The first-order chi connectivity index (χ1) is 5.71. The average molecular weight is 173 g/mol. The summed E-state index contributed by atoms with van der Waals surface area (Å²) in [6.45, 7) is 3.78. The summed E-state index contributed by atoms with van der Waals surface area (Å²) in [5.41, 5.74) is 5.93. The van der Waals surface area contributed by atoms with E-state index in [0.717, 1.165) is 25.9 Å². The van der Waals surface area contributed by atoms with E-state index in [-0.39, 0.29) is 18.1 Å². The van der Waals surface area contributed by atoms with Crippen molar-refractivity contribution in [2.75, 3.05) is 19.8 Å². The molecule has 1 saturated heterocycles. The summed E-state index contributed by atoms with van der Waals surface area (Å²) < 4.78 is 5.41. The van der Waals surface area contributed by atoms with Gasteiger partial charge < -0.3 is 15.6 Å². The number of aliphatic hydroxyl groups is 1. The number of hydrogen-bond acceptors (Lipinski definition) is 3. The smallest absolute Gasteiger partial charge is 0.0538 e. The van der Waals surface area contributed by atoms with Crippen LogP contribution in [0.5, 0.6) is 0 Å². The molecule has 1 aliphatic heterocycles. The van der Waals surface area contributed by atoms with Gasteiger partial charge in [0.25, 0.3) is 0 Å². The van der Waals surface area contributed by atoms with Crippen LogP contribution in [0.25, 0.3) is 0 Å². The molecule has 0 aromatic rings. The molecule has 1 rings (SSSR count). The van der Waals surface area contributed by atoms with Crippen molar-refractivity contribution in [3.05, 3.63) is 0 Å². The van der Waals surface area contributed by atoms with Crippen molar-refractivity contribution in [3.8, 4) is 0 Å². The lowest BCUT2D eigenvalue weighted by molar-refractivity contribution is -0.0317. The van der Waals surface area contributed by atoms with Gasteiger partial charge in [0.05, 0.1) is 6.61 Å². The number of aliphatic hydroxyl groups excluding tert-OH is 1. The average Bonchev–Trinajstić information content (AvgIpc) is 2.06. The number of hydrogen-bond donors (Lipinski definition) is 2. The van der Waals surface area contributed by atoms with E-state index in [1.165, 1.54) is 0 Å². The lowest BCUT2D eigenvalue weighted by Crippen LogP contribution is -2.46. The Morgan fingerprint density at radius 2 is 2.42 bits per heavy atom. The van der Waals surface area contributed by atoms with Crippen molar-refractivity contribution in [1.82, 2.24) is 0 Å². The van der Waals surface area contributed by atoms with Gasteiger partial charge in [-0.3, -0.25) is 0 Å². The molecule has 0 aromatic carbocycles. The Balaban J connectivity index is 2.56. The van der Waals surface area contributed by atoms with Gasteiger partial charge >= 0.3 is 0 Å². The van der Waals surface area contributed by atoms with E-state index in [1.807, 2.05) is 6.92 Å². The Hall–Kier alpha value is -0.120. The number of ether oxygens (including phenoxy) is 1. The molecular formula is C9H19NO2. The highest BCUT2D eigenvalue weighted by Crippen LogP contribution is 2.34. The van der Waals surface area contributed by atoms with E-state index in [9.17, 15) is 0 Å². The highest BCUT2D eigenvalue weighted by atomic mass is 16.5. The van der Waals surface area contributed by atoms with E-state index in [4.69, 9.17) is 15.6 Å². The SMILES string of the molecule is CC(N)C1(CCO)CCCOC1. The van der Waals surface area contributed by atoms with Crippen LogP contribution in [0.1, 0.15) is 26.2 Å². The maximum atomic E-state index is 8.92. The second-order valence-electron chi connectivity index (χ2n) is 3.78. The van der Waals surface area contributed by atoms with Crippen LogP contribution < -0.4 is 5.73 Å². The third kappa shape index (κ3) is 1.97. The van der Waals surface area contributed by atoms with Crippen molar-refractivity contribution in [2.24, 2.45) is 11.1 Å². The second-order valence-corrected chi connectivity index (χ2v) is 3.78. The Morgan fingerprint density at radius 1 is 1.67 bits per heavy atom. The summed E-state index contributed by atoms with van der Waals surface area (Å²) in [6.07, 6.45) is 2.93. The fraction of sp³-hybridized carbons (Fsp3) is 1.00. The summed E-state index contributed by atoms with van der Waals surface area (Å²) in [4.78, 5) is 0. The molecule has 72 valence electrons. The minimum absolute atomic E-state index is 0.0347. The zero-order valence-electron chi connectivity index (χ0n) is 7.75. The monoisotopic (exact) mass is 173 g/mol. The van der Waals surface area contributed by atoms with Gasteiger partial charge in [-0.2, -0.15) is 0 Å². The predicted octanol–water partition coefficient (Wildman–Crippen LogP) is 0.513. The summed E-state index contributed by atoms with van der Waals surface area (Å²) in [5, 5.41) is 8.92. The minimum atomic E-state index is 0.0347. The van der Waals surface area contributed by atoms with Crippen LogP contribution in [-0.4, -0.2) is 31.0 Å². The summed E-state index contributed by atoms with van der Waals surface area (Å²) in [6, 6.07) is 0.116. The molecule has 0 aromatic heterocycles. The van der Waals surface area contributed by atoms with Crippen LogP contribution in [0.15, 0.2) is 0 Å². The van der Waals surface area contributed by atoms with E-state index in [0.29, 0.717) is 6.61 Å². The molecule has 3 N–H and O–H groups in total. The van der Waals surface area contributed by atoms with Crippen molar-refractivity contribution in [3.63, 3.8) is 0 Å². The molecule has 0 amide bonds. The first-order valence-corrected chi connectivity index (χ1v) is 4.65. The third-order valence-electron chi connectivity index (χ3n) is 2.93. The van der Waals surface area contributed by atoms with Gasteiger partial charge in [-0.15, -0.1) is 0 Å². The zero-order chi connectivity index (χ0) is 9.03. The molecule has 0 radical (unpaired) electrons. The van der Waals surface area contributed by atoms with E-state index >= 15 is 0 Å². The predicted molar refractivity (Wildman–Crippen MR) is 47.8 cm³/mol. The van der Waals surface area contributed by atoms with Crippen LogP contribution in [-0.2, 0) is 4.74 Å². The quantitative estimate of drug-likeness (QED) is 0.654. The van der Waals surface area contributed by atoms with Crippen LogP contribution in [0.3, 0.4) is 0 Å². The molecule has 1 aliphatic rings. The second kappa shape index (κ2) is 4.21. The first kappa shape index (κ1) is 9.96. The number of rotatable bonds is 3. The standard InChI is InChI=1S/C9H19NO2/c1-8(10)9(4-5-11)3-2-6-12-7-9/h8,11H,2-7,10H2,1H3. The van der Waals surface area contributed by atoms with Crippen LogP contribution in [0.4, 0.5) is 0 Å². The lowest BCUT2D eigenvalue weighted by atomic mass is 9.74. The van der Waals surface area contributed by atoms with Gasteiger partial charge in [-0.25, -0.2) is 0 Å². The highest BCUT2D eigenvalue weighted by Gasteiger charge is 2.35. The molecule has 1 fully saturated rings. The molecule has 3 heteroatoms. The van der Waals surface area contributed by atoms with E-state index in [1.54, 1.807) is 0 Å². The summed E-state index contributed by atoms with van der Waals surface area (Å²) >= 11 is 0. The van der Waals surface area contributed by atoms with Crippen LogP contribution in [0, 0.1) is 5.41 Å². The molecule has 0 saturated carbocycles. The fourth-order valence-electron chi connectivity index (χ4n) is 1.88. The molecule has 12 heavy (non-hydrogen) atoms. The molecular weight excluding hydrogens is 154 g/mol. The zero-order valence-corrected chi connectivity index (χ0v) is 7.75. The van der Waals surface area contributed by atoms with Gasteiger partial charge in [0.2, 0.25) is 0 Å². The molecule has 1 heterocycles. The fourth-order valence-corrected chi connectivity index (χ4v) is 1.88. The van der Waals surface area contributed by atoms with Gasteiger partial charge in [-0.05, 0) is 26.2 Å². The highest BCUT2D eigenvalue weighted by molar-refractivity contribution is 4.88. The third-order valence-corrected chi connectivity index (χ3v) is 2.93. The largest absolute Gasteiger partial charge is 0.396 e. The van der Waals surface area contributed by atoms with Crippen LogP contribution >= 0.6 is 0 Å². The topological polar surface area (TPSA) is 55.5 Å². The molecule has 3 nitrogen and oxygen atoms in total. The summed E-state index contributed by atoms with van der Waals surface area (Å²) in [7, 11) is 0. The Labute approximate surface area is 73.9 Å². The number of nitrogens with two attached hydrogens (primary N) is 1. The molecule has 2 atom stereocenters. The molecule has 0 bridgehead atoms. The van der Waals surface area contributed by atoms with Crippen LogP contribution in [0.2, 0.25) is 0 Å². The van der Waals surface area contributed by atoms with Gasteiger partial charge in [-0.1, -0.05) is 0 Å². The van der Waals surface area contributed by atoms with Crippen molar-refractivity contribution < 1.29 is 9.84 Å². The van der Waals surface area contributed by atoms with Gasteiger partial charge in [0.15, 0.2) is 0 Å². The molecule has 0 spiro atoms. The first-order valence-electron chi connectivity index (χ1n) is 4.65. The van der Waals surface area contributed by atoms with Crippen molar-refractivity contribution in [2.45, 2.75) is 32.2 Å². The maximum Gasteiger partial charge on any atom is 0.0538 e. The van der Waals surface area contributed by atoms with Crippen molar-refractivity contribution >= 4 is 0 Å². The maximum absolute atomic E-state index is 8.92. The van der Waals surface area contributed by atoms with Gasteiger partial charge in [0, 0.05) is 24.7 Å². The van der Waals surface area contributed by atoms with Crippen molar-refractivity contribution in [1.29, 1.82) is 0 Å². The Bertz CT molecular complexity index is 125. The molecule has 2 unspecified atom stereocenters. The van der Waals surface area contributed by atoms with Gasteiger partial charge in [0.1, 0.15) is 0 Å². The molecule has 0 aliphatic carbocycles. The van der Waals surface area contributed by atoms with E-state index in [2.05, 4.69) is 0 Å².